The molecule has 0 saturated carbocycles. The van der Waals surface area contributed by atoms with Crippen molar-refractivity contribution in [2.24, 2.45) is 10.2 Å². The lowest BCUT2D eigenvalue weighted by molar-refractivity contribution is 0.0526. The number of hydrogen-bond donors (Lipinski definition) is 3. The monoisotopic (exact) mass is 321 g/mol. The number of anilines is 1. The molecule has 0 aromatic heterocycles. The van der Waals surface area contributed by atoms with Gasteiger partial charge in [0.15, 0.2) is 5.11 Å². The molecule has 1 aromatic carbocycles. The predicted molar refractivity (Wildman–Crippen MR) is 92.4 cm³/mol. The summed E-state index contributed by atoms with van der Waals surface area (Å²) in [6.07, 6.45) is 1.55. The van der Waals surface area contributed by atoms with Crippen LogP contribution in [0.1, 0.15) is 24.2 Å². The number of hydrazone groups is 2. The highest BCUT2D eigenvalue weighted by atomic mass is 32.1. The van der Waals surface area contributed by atoms with Crippen LogP contribution in [-0.2, 0) is 4.74 Å². The van der Waals surface area contributed by atoms with Crippen LogP contribution in [0.3, 0.4) is 0 Å². The van der Waals surface area contributed by atoms with E-state index in [0.29, 0.717) is 23.0 Å². The van der Waals surface area contributed by atoms with E-state index in [1.165, 1.54) is 0 Å². The van der Waals surface area contributed by atoms with Crippen LogP contribution in [0.25, 0.3) is 0 Å². The number of thiocarbonyl (C=S) groups is 1. The smallest absolute Gasteiger partial charge is 0.338 e. The van der Waals surface area contributed by atoms with Crippen LogP contribution < -0.4 is 16.2 Å². The van der Waals surface area contributed by atoms with Gasteiger partial charge in [-0.05, 0) is 50.3 Å². The van der Waals surface area contributed by atoms with E-state index >= 15 is 0 Å². The Bertz CT molecular complexity index is 569. The van der Waals surface area contributed by atoms with Crippen molar-refractivity contribution in [2.45, 2.75) is 13.8 Å². The lowest BCUT2D eigenvalue weighted by Gasteiger charge is -2.03. The molecule has 118 valence electrons. The Hall–Kier alpha value is -2.48. The molecule has 0 radical (unpaired) electrons. The first-order valence-electron chi connectivity index (χ1n) is 6.65. The third-order valence-corrected chi connectivity index (χ3v) is 2.70. The lowest BCUT2D eigenvalue weighted by atomic mass is 10.2. The van der Waals surface area contributed by atoms with Gasteiger partial charge in [-0.2, -0.15) is 10.2 Å². The highest BCUT2D eigenvalue weighted by Gasteiger charge is 2.04. The fourth-order valence-corrected chi connectivity index (χ4v) is 1.36. The van der Waals surface area contributed by atoms with Gasteiger partial charge in [0.05, 0.1) is 29.8 Å². The van der Waals surface area contributed by atoms with Gasteiger partial charge in [0.2, 0.25) is 0 Å². The summed E-state index contributed by atoms with van der Waals surface area (Å²) in [4.78, 5) is 11.5. The number of hydrogen-bond acceptors (Lipinski definition) is 6. The van der Waals surface area contributed by atoms with Crippen molar-refractivity contribution < 1.29 is 9.53 Å². The van der Waals surface area contributed by atoms with Crippen molar-refractivity contribution >= 4 is 40.9 Å². The second kappa shape index (κ2) is 9.46. The summed E-state index contributed by atoms with van der Waals surface area (Å²) in [7, 11) is 1.70. The van der Waals surface area contributed by atoms with Crippen LogP contribution in [-0.4, -0.2) is 36.7 Å². The van der Waals surface area contributed by atoms with E-state index in [4.69, 9.17) is 17.0 Å². The van der Waals surface area contributed by atoms with Crippen molar-refractivity contribution in [1.82, 2.24) is 10.7 Å². The number of benzene rings is 1. The van der Waals surface area contributed by atoms with Crippen molar-refractivity contribution in [3.05, 3.63) is 29.8 Å². The molecule has 0 fully saturated rings. The quantitative estimate of drug-likeness (QED) is 0.320. The minimum atomic E-state index is -0.341. The number of carbonyl (C=O) groups is 1. The van der Waals surface area contributed by atoms with E-state index in [1.54, 1.807) is 51.4 Å². The Labute approximate surface area is 134 Å². The summed E-state index contributed by atoms with van der Waals surface area (Å²) in [6, 6.07) is 6.82. The highest BCUT2D eigenvalue weighted by molar-refractivity contribution is 7.80. The van der Waals surface area contributed by atoms with Crippen LogP contribution in [0, 0.1) is 0 Å². The highest BCUT2D eigenvalue weighted by Crippen LogP contribution is 2.10. The van der Waals surface area contributed by atoms with E-state index in [-0.39, 0.29) is 5.97 Å². The fourth-order valence-electron chi connectivity index (χ4n) is 1.32. The van der Waals surface area contributed by atoms with Gasteiger partial charge in [-0.3, -0.25) is 10.9 Å². The Morgan fingerprint density at radius 2 is 2.05 bits per heavy atom. The number of ether oxygens (including phenoxy) is 1. The zero-order chi connectivity index (χ0) is 16.4. The normalized spacial score (nSPS) is 11.1. The molecule has 8 heteroatoms. The molecule has 0 bridgehead atoms. The summed E-state index contributed by atoms with van der Waals surface area (Å²) in [6.45, 7) is 3.90. The van der Waals surface area contributed by atoms with Crippen molar-refractivity contribution in [3.8, 4) is 0 Å². The number of nitrogens with one attached hydrogen (secondary N) is 3. The van der Waals surface area contributed by atoms with Gasteiger partial charge in [0.1, 0.15) is 0 Å². The lowest BCUT2D eigenvalue weighted by Crippen LogP contribution is -2.29. The third kappa shape index (κ3) is 6.31. The molecule has 0 unspecified atom stereocenters. The molecular weight excluding hydrogens is 302 g/mol. The molecule has 0 heterocycles. The largest absolute Gasteiger partial charge is 0.462 e. The van der Waals surface area contributed by atoms with E-state index in [2.05, 4.69) is 26.4 Å². The molecule has 0 aliphatic rings. The van der Waals surface area contributed by atoms with E-state index in [1.807, 2.05) is 0 Å². The molecule has 1 rings (SSSR count). The Kier molecular flexibility index (Phi) is 7.55. The van der Waals surface area contributed by atoms with Crippen LogP contribution in [0.15, 0.2) is 34.5 Å². The average molecular weight is 321 g/mol. The molecule has 3 N–H and O–H groups in total. The van der Waals surface area contributed by atoms with Gasteiger partial charge in [-0.25, -0.2) is 4.79 Å². The first kappa shape index (κ1) is 17.6. The van der Waals surface area contributed by atoms with Gasteiger partial charge in [0, 0.05) is 7.05 Å². The minimum Gasteiger partial charge on any atom is -0.462 e. The van der Waals surface area contributed by atoms with E-state index in [9.17, 15) is 4.79 Å². The standard InChI is InChI=1S/C14H19N5O2S/c1-4-21-13(20)11-5-7-12(8-6-11)18-16-9-10(2)17-19-14(22)15-3/h5-9,18H,4H2,1-3H3,(H2,15,19,22)/b16-9-,17-10-. The van der Waals surface area contributed by atoms with E-state index in [0.717, 1.165) is 5.69 Å². The number of rotatable bonds is 6. The molecule has 1 aromatic rings. The molecule has 7 nitrogen and oxygen atoms in total. The molecule has 0 aliphatic heterocycles. The Balaban J connectivity index is 2.52. The topological polar surface area (TPSA) is 87.1 Å². The van der Waals surface area contributed by atoms with Gasteiger partial charge < -0.3 is 10.1 Å². The molecular formula is C14H19N5O2S. The summed E-state index contributed by atoms with van der Waals surface area (Å²) >= 11 is 4.89. The summed E-state index contributed by atoms with van der Waals surface area (Å²) in [5, 5.41) is 11.2. The van der Waals surface area contributed by atoms with Crippen LogP contribution in [0.2, 0.25) is 0 Å². The zero-order valence-electron chi connectivity index (χ0n) is 12.7. The second-order valence-electron chi connectivity index (χ2n) is 4.11. The van der Waals surface area contributed by atoms with Crippen molar-refractivity contribution in [3.63, 3.8) is 0 Å². The van der Waals surface area contributed by atoms with Gasteiger partial charge in [0.25, 0.3) is 0 Å². The van der Waals surface area contributed by atoms with Gasteiger partial charge >= 0.3 is 5.97 Å². The predicted octanol–water partition coefficient (Wildman–Crippen LogP) is 1.73. The maximum absolute atomic E-state index is 11.5. The molecule has 0 aliphatic carbocycles. The zero-order valence-corrected chi connectivity index (χ0v) is 13.5. The summed E-state index contributed by atoms with van der Waals surface area (Å²) < 4.78 is 4.91. The van der Waals surface area contributed by atoms with Crippen LogP contribution in [0.4, 0.5) is 5.69 Å². The van der Waals surface area contributed by atoms with Crippen molar-refractivity contribution in [2.75, 3.05) is 19.1 Å². The second-order valence-corrected chi connectivity index (χ2v) is 4.52. The first-order valence-corrected chi connectivity index (χ1v) is 7.06. The van der Waals surface area contributed by atoms with Gasteiger partial charge in [-0.1, -0.05) is 0 Å². The number of nitrogens with zero attached hydrogens (tertiary/aromatic N) is 2. The number of esters is 1. The van der Waals surface area contributed by atoms with Gasteiger partial charge in [-0.15, -0.1) is 0 Å². The van der Waals surface area contributed by atoms with Crippen molar-refractivity contribution in [1.29, 1.82) is 0 Å². The molecule has 0 saturated heterocycles. The molecule has 0 atom stereocenters. The SMILES string of the molecule is CCOC(=O)c1ccc(N/N=C\C(C)=N/NC(=S)NC)cc1. The Morgan fingerprint density at radius 1 is 1.36 bits per heavy atom. The van der Waals surface area contributed by atoms with Crippen LogP contribution >= 0.6 is 12.2 Å². The fraction of sp³-hybridized carbons (Fsp3) is 0.286. The summed E-state index contributed by atoms with van der Waals surface area (Å²) in [5.41, 5.74) is 7.38. The average Bonchev–Trinajstić information content (AvgIpc) is 2.53. The maximum Gasteiger partial charge on any atom is 0.338 e. The number of carbonyl (C=O) groups excluding carboxylic acids is 1. The maximum atomic E-state index is 11.5. The third-order valence-electron chi connectivity index (χ3n) is 2.40. The molecule has 0 spiro atoms. The first-order chi connectivity index (χ1) is 10.6. The van der Waals surface area contributed by atoms with E-state index < -0.39 is 0 Å². The summed E-state index contributed by atoms with van der Waals surface area (Å²) in [5.74, 6) is -0.341. The Morgan fingerprint density at radius 3 is 2.64 bits per heavy atom. The molecule has 22 heavy (non-hydrogen) atoms. The minimum absolute atomic E-state index is 0.341. The van der Waals surface area contributed by atoms with Crippen LogP contribution in [0.5, 0.6) is 0 Å². The molecule has 0 amide bonds.